The van der Waals surface area contributed by atoms with Gasteiger partial charge >= 0.3 is 35.6 Å². The first-order valence-corrected chi connectivity index (χ1v) is 7.76. The molecule has 0 atom stereocenters. The van der Waals surface area contributed by atoms with E-state index >= 15 is 0 Å². The van der Waals surface area contributed by atoms with Gasteiger partial charge in [0.05, 0.1) is 0 Å². The Kier molecular flexibility index (Phi) is 6.87. The van der Waals surface area contributed by atoms with Crippen LogP contribution in [0.2, 0.25) is 0 Å². The van der Waals surface area contributed by atoms with Crippen LogP contribution >= 0.6 is 0 Å². The molecule has 0 aliphatic heterocycles. The van der Waals surface area contributed by atoms with E-state index in [9.17, 15) is 44.7 Å². The summed E-state index contributed by atoms with van der Waals surface area (Å²) in [4.78, 5) is 21.0. The zero-order chi connectivity index (χ0) is 21.1. The van der Waals surface area contributed by atoms with E-state index in [1.165, 1.54) is 0 Å². The number of halogens is 8. The van der Waals surface area contributed by atoms with E-state index < -0.39 is 61.0 Å². The minimum absolute atomic E-state index is 0.0608. The molecule has 0 radical (unpaired) electrons. The molecule has 0 aromatic heterocycles. The Balaban J connectivity index is 2.98. The second-order valence-electron chi connectivity index (χ2n) is 6.09. The maximum Gasteiger partial charge on any atom is 0.381 e. The van der Waals surface area contributed by atoms with Crippen molar-refractivity contribution in [3.05, 3.63) is 12.2 Å². The quantitative estimate of drug-likeness (QED) is 0.367. The smallest absolute Gasteiger partial charge is 0.381 e. The summed E-state index contributed by atoms with van der Waals surface area (Å²) in [6.07, 6.45) is -0.267. The van der Waals surface area contributed by atoms with E-state index in [1.54, 1.807) is 0 Å². The van der Waals surface area contributed by atoms with E-state index in [4.69, 9.17) is 5.11 Å². The van der Waals surface area contributed by atoms with Crippen LogP contribution in [0.25, 0.3) is 0 Å². The fourth-order valence-corrected chi connectivity index (χ4v) is 2.60. The van der Waals surface area contributed by atoms with E-state index in [0.717, 1.165) is 0 Å². The number of ether oxygens (including phenoxy) is 1. The number of rotatable bonds is 8. The zero-order valence-electron chi connectivity index (χ0n) is 13.7. The first-order chi connectivity index (χ1) is 12.2. The molecule has 1 N–H and O–H groups in total. The maximum atomic E-state index is 14.0. The molecular weight excluding hydrogens is 396 g/mol. The summed E-state index contributed by atoms with van der Waals surface area (Å²) in [5.41, 5.74) is 0. The molecule has 0 amide bonds. The molecule has 0 heterocycles. The summed E-state index contributed by atoms with van der Waals surface area (Å²) < 4.78 is 114. The Morgan fingerprint density at radius 2 is 1.41 bits per heavy atom. The number of hydrogen-bond acceptors (Lipinski definition) is 3. The van der Waals surface area contributed by atoms with Gasteiger partial charge in [-0.3, -0.25) is 0 Å². The number of carbonyl (C=O) groups excluding carboxylic acids is 1. The van der Waals surface area contributed by atoms with Crippen molar-refractivity contribution >= 4 is 11.9 Å². The highest BCUT2D eigenvalue weighted by atomic mass is 19.4. The van der Waals surface area contributed by atoms with Crippen molar-refractivity contribution in [1.29, 1.82) is 0 Å². The van der Waals surface area contributed by atoms with Gasteiger partial charge in [0.1, 0.15) is 0 Å². The van der Waals surface area contributed by atoms with Gasteiger partial charge in [0.25, 0.3) is 0 Å². The normalized spacial score (nSPS) is 17.9. The lowest BCUT2D eigenvalue weighted by atomic mass is 9.80. The second-order valence-corrected chi connectivity index (χ2v) is 6.09. The molecule has 1 fully saturated rings. The summed E-state index contributed by atoms with van der Waals surface area (Å²) in [5.74, 6) is -29.9. The number of aliphatic carboxylic acids is 1. The Bertz CT molecular complexity index is 582. The van der Waals surface area contributed by atoms with Crippen LogP contribution in [0.15, 0.2) is 12.2 Å². The average Bonchev–Trinajstić information content (AvgIpc) is 2.58. The molecule has 12 heteroatoms. The van der Waals surface area contributed by atoms with Crippen LogP contribution in [0, 0.1) is 5.92 Å². The molecule has 0 bridgehead atoms. The van der Waals surface area contributed by atoms with Crippen LogP contribution in [-0.4, -0.2) is 47.3 Å². The highest BCUT2D eigenvalue weighted by Crippen LogP contribution is 2.56. The van der Waals surface area contributed by atoms with E-state index in [-0.39, 0.29) is 25.0 Å². The van der Waals surface area contributed by atoms with E-state index in [2.05, 4.69) is 4.74 Å². The number of hydrogen-bond donors (Lipinski definition) is 1. The fourth-order valence-electron chi connectivity index (χ4n) is 2.60. The summed E-state index contributed by atoms with van der Waals surface area (Å²) in [6, 6.07) is 0. The Morgan fingerprint density at radius 1 is 0.889 bits per heavy atom. The summed E-state index contributed by atoms with van der Waals surface area (Å²) >= 11 is 0. The first-order valence-electron chi connectivity index (χ1n) is 7.76. The molecule has 27 heavy (non-hydrogen) atoms. The molecule has 0 aromatic carbocycles. The molecule has 1 aliphatic rings. The second kappa shape index (κ2) is 8.01. The summed E-state index contributed by atoms with van der Waals surface area (Å²) in [7, 11) is 0. The van der Waals surface area contributed by atoms with Crippen LogP contribution < -0.4 is 0 Å². The molecule has 156 valence electrons. The highest BCUT2D eigenvalue weighted by Gasteiger charge is 2.81. The molecule has 1 aliphatic carbocycles. The minimum atomic E-state index is -6.53. The van der Waals surface area contributed by atoms with Crippen molar-refractivity contribution in [3.63, 3.8) is 0 Å². The molecule has 0 aromatic rings. The Hall–Kier alpha value is -1.88. The van der Waals surface area contributed by atoms with Crippen LogP contribution in [0.1, 0.15) is 32.1 Å². The third-order valence-electron chi connectivity index (χ3n) is 4.15. The van der Waals surface area contributed by atoms with Crippen molar-refractivity contribution in [3.8, 4) is 0 Å². The van der Waals surface area contributed by atoms with Gasteiger partial charge in [-0.1, -0.05) is 19.3 Å². The van der Waals surface area contributed by atoms with Gasteiger partial charge in [0, 0.05) is 18.1 Å². The molecule has 0 saturated heterocycles. The summed E-state index contributed by atoms with van der Waals surface area (Å²) in [6.45, 7) is -2.64. The SMILES string of the molecule is O=C(O)/C=C/C(=O)OCC(F)(F)C(F)(F)C(F)(F)C(F)(F)C1CCCCC1. The maximum absolute atomic E-state index is 14.0. The fraction of sp³-hybridized carbons (Fsp3) is 0.733. The average molecular weight is 412 g/mol. The van der Waals surface area contributed by atoms with Crippen molar-refractivity contribution in [2.24, 2.45) is 5.92 Å². The number of alkyl halides is 8. The number of carboxylic acid groups (broad SMARTS) is 1. The summed E-state index contributed by atoms with van der Waals surface area (Å²) in [5, 5.41) is 8.19. The Labute approximate surface area is 148 Å². The van der Waals surface area contributed by atoms with Crippen molar-refractivity contribution in [1.82, 2.24) is 0 Å². The van der Waals surface area contributed by atoms with Gasteiger partial charge in [-0.25, -0.2) is 9.59 Å². The van der Waals surface area contributed by atoms with E-state index in [0.29, 0.717) is 6.42 Å². The van der Waals surface area contributed by atoms with Crippen molar-refractivity contribution in [2.75, 3.05) is 6.61 Å². The number of esters is 1. The van der Waals surface area contributed by atoms with Crippen LogP contribution in [-0.2, 0) is 14.3 Å². The van der Waals surface area contributed by atoms with Crippen LogP contribution in [0.3, 0.4) is 0 Å². The van der Waals surface area contributed by atoms with Crippen molar-refractivity contribution < 1.29 is 54.6 Å². The monoisotopic (exact) mass is 412 g/mol. The lowest BCUT2D eigenvalue weighted by Crippen LogP contribution is -2.65. The van der Waals surface area contributed by atoms with Gasteiger partial charge in [-0.05, 0) is 12.8 Å². The van der Waals surface area contributed by atoms with E-state index in [1.807, 2.05) is 0 Å². The van der Waals surface area contributed by atoms with Crippen LogP contribution in [0.4, 0.5) is 35.1 Å². The largest absolute Gasteiger partial charge is 0.478 e. The molecule has 4 nitrogen and oxygen atoms in total. The standard InChI is InChI=1S/C15H16F8O4/c16-12(17,8-27-11(26)7-6-10(24)25)14(20,21)15(22,23)13(18,19)9-4-2-1-3-5-9/h6-7,9H,1-5,8H2,(H,24,25)/b7-6+. The topological polar surface area (TPSA) is 63.6 Å². The first kappa shape index (κ1) is 23.2. The minimum Gasteiger partial charge on any atom is -0.478 e. The molecule has 1 saturated carbocycles. The molecule has 0 spiro atoms. The van der Waals surface area contributed by atoms with Gasteiger partial charge in [-0.15, -0.1) is 0 Å². The lowest BCUT2D eigenvalue weighted by Gasteiger charge is -2.40. The van der Waals surface area contributed by atoms with Crippen molar-refractivity contribution in [2.45, 2.75) is 55.8 Å². The number of carbonyl (C=O) groups is 2. The van der Waals surface area contributed by atoms with Gasteiger partial charge < -0.3 is 9.84 Å². The lowest BCUT2D eigenvalue weighted by molar-refractivity contribution is -0.380. The predicted molar refractivity (Wildman–Crippen MR) is 74.1 cm³/mol. The Morgan fingerprint density at radius 3 is 1.89 bits per heavy atom. The van der Waals surface area contributed by atoms with Gasteiger partial charge in [-0.2, -0.15) is 35.1 Å². The van der Waals surface area contributed by atoms with Gasteiger partial charge in [0.15, 0.2) is 6.61 Å². The zero-order valence-corrected chi connectivity index (χ0v) is 13.7. The van der Waals surface area contributed by atoms with Crippen LogP contribution in [0.5, 0.6) is 0 Å². The predicted octanol–water partition coefficient (Wildman–Crippen LogP) is 4.29. The highest BCUT2D eigenvalue weighted by molar-refractivity contribution is 5.90. The molecule has 1 rings (SSSR count). The molecule has 0 unspecified atom stereocenters. The third-order valence-corrected chi connectivity index (χ3v) is 4.15. The third kappa shape index (κ3) is 4.70. The number of carboxylic acids is 1. The molecular formula is C15H16F8O4. The van der Waals surface area contributed by atoms with Gasteiger partial charge in [0.2, 0.25) is 0 Å².